The van der Waals surface area contributed by atoms with Crippen LogP contribution in [0.15, 0.2) is 17.0 Å². The maximum Gasteiger partial charge on any atom is 0.342 e. The average Bonchev–Trinajstić information content (AvgIpc) is 2.96. The minimum absolute atomic E-state index is 0.0978. The van der Waals surface area contributed by atoms with Crippen molar-refractivity contribution in [3.63, 3.8) is 0 Å². The number of nitrogens with zero attached hydrogens (tertiary/aromatic N) is 5. The van der Waals surface area contributed by atoms with E-state index in [1.54, 1.807) is 0 Å². The van der Waals surface area contributed by atoms with Crippen LogP contribution in [0.2, 0.25) is 0 Å². The van der Waals surface area contributed by atoms with Crippen LogP contribution in [0.1, 0.15) is 11.7 Å². The lowest BCUT2D eigenvalue weighted by Gasteiger charge is -1.97. The Kier molecular flexibility index (Phi) is 3.28. The molecule has 0 aliphatic rings. The van der Waals surface area contributed by atoms with Gasteiger partial charge in [0.05, 0.1) is 24.7 Å². The Hall–Kier alpha value is -2.36. The Morgan fingerprint density at radius 1 is 1.67 bits per heavy atom. The molecular formula is C8H7N5O4S. The lowest BCUT2D eigenvalue weighted by Crippen LogP contribution is -2.11. The van der Waals surface area contributed by atoms with Crippen molar-refractivity contribution in [3.8, 4) is 0 Å². The number of nitro groups is 1. The van der Waals surface area contributed by atoms with Crippen molar-refractivity contribution in [1.82, 2.24) is 19.7 Å². The Bertz CT molecular complexity index is 628. The van der Waals surface area contributed by atoms with Gasteiger partial charge in [-0.25, -0.2) is 13.8 Å². The molecule has 0 bridgehead atoms. The Balaban J connectivity index is 2.29. The molecule has 2 aromatic rings. The van der Waals surface area contributed by atoms with Gasteiger partial charge in [0.1, 0.15) is 11.1 Å². The molecule has 2 heterocycles. The molecule has 0 radical (unpaired) electrons. The second kappa shape index (κ2) is 4.87. The highest BCUT2D eigenvalue weighted by atomic mass is 32.1. The number of aromatic nitrogens is 4. The van der Waals surface area contributed by atoms with Crippen LogP contribution in [0.4, 0.5) is 5.82 Å². The summed E-state index contributed by atoms with van der Waals surface area (Å²) in [5.74, 6) is 0.324. The lowest BCUT2D eigenvalue weighted by atomic mass is 10.3. The summed E-state index contributed by atoms with van der Waals surface area (Å²) < 4.78 is 17.2. The van der Waals surface area contributed by atoms with Gasteiger partial charge in [-0.1, -0.05) is 0 Å². The highest BCUT2D eigenvalue weighted by molar-refractivity contribution is 7.67. The summed E-state index contributed by atoms with van der Waals surface area (Å²) in [5.41, 5.74) is 0. The van der Waals surface area contributed by atoms with Crippen molar-refractivity contribution in [2.45, 2.75) is 6.42 Å². The fourth-order valence-corrected chi connectivity index (χ4v) is 1.70. The normalized spacial score (nSPS) is 10.3. The maximum absolute atomic E-state index is 11.0. The summed E-state index contributed by atoms with van der Waals surface area (Å²) >= 11 is 0.196. The monoisotopic (exact) mass is 269 g/mol. The zero-order chi connectivity index (χ0) is 13.1. The lowest BCUT2D eigenvalue weighted by molar-refractivity contribution is -0.391. The van der Waals surface area contributed by atoms with E-state index in [2.05, 4.69) is 15.2 Å². The molecule has 9 nitrogen and oxygen atoms in total. The third-order valence-corrected chi connectivity index (χ3v) is 2.78. The minimum Gasteiger partial charge on any atom is -0.423 e. The van der Waals surface area contributed by atoms with E-state index in [1.807, 2.05) is 0 Å². The Morgan fingerprint density at radius 2 is 2.44 bits per heavy atom. The second-order valence-electron chi connectivity index (χ2n) is 3.28. The molecule has 0 amide bonds. The van der Waals surface area contributed by atoms with E-state index in [9.17, 15) is 14.3 Å². The van der Waals surface area contributed by atoms with Gasteiger partial charge >= 0.3 is 5.82 Å². The van der Waals surface area contributed by atoms with Crippen LogP contribution in [0.3, 0.4) is 0 Å². The van der Waals surface area contributed by atoms with Crippen LogP contribution in [-0.2, 0) is 24.7 Å². The van der Waals surface area contributed by atoms with E-state index in [4.69, 9.17) is 4.42 Å². The van der Waals surface area contributed by atoms with E-state index >= 15 is 0 Å². The molecular weight excluding hydrogens is 262 g/mol. The van der Waals surface area contributed by atoms with Crippen LogP contribution in [0.25, 0.3) is 0 Å². The molecule has 0 N–H and O–H groups in total. The molecule has 0 unspecified atom stereocenters. The van der Waals surface area contributed by atoms with Crippen LogP contribution in [0.5, 0.6) is 0 Å². The number of rotatable bonds is 4. The summed E-state index contributed by atoms with van der Waals surface area (Å²) in [4.78, 5) is 14.3. The molecule has 10 heteroatoms. The van der Waals surface area contributed by atoms with E-state index in [0.29, 0.717) is 5.82 Å². The van der Waals surface area contributed by atoms with Gasteiger partial charge in [-0.2, -0.15) is 0 Å². The molecule has 2 rings (SSSR count). The molecule has 0 spiro atoms. The maximum atomic E-state index is 11.0. The molecule has 18 heavy (non-hydrogen) atoms. The van der Waals surface area contributed by atoms with Crippen molar-refractivity contribution in [3.05, 3.63) is 34.4 Å². The summed E-state index contributed by atoms with van der Waals surface area (Å²) in [7, 11) is 1.50. The average molecular weight is 269 g/mol. The van der Waals surface area contributed by atoms with Crippen molar-refractivity contribution in [1.29, 1.82) is 0 Å². The first-order valence-corrected chi connectivity index (χ1v) is 5.44. The van der Waals surface area contributed by atoms with Gasteiger partial charge < -0.3 is 14.5 Å². The molecule has 0 saturated heterocycles. The Morgan fingerprint density at radius 3 is 2.94 bits per heavy atom. The van der Waals surface area contributed by atoms with Gasteiger partial charge in [0, 0.05) is 0 Å². The molecule has 0 aliphatic carbocycles. The van der Waals surface area contributed by atoms with Gasteiger partial charge in [-0.3, -0.25) is 0 Å². The topological polar surface area (TPSA) is 117 Å². The highest BCUT2D eigenvalue weighted by Gasteiger charge is 2.20. The first-order chi connectivity index (χ1) is 8.63. The van der Waals surface area contributed by atoms with Gasteiger partial charge in [-0.15, -0.1) is 10.2 Å². The molecule has 0 aliphatic heterocycles. The van der Waals surface area contributed by atoms with E-state index < -0.39 is 4.92 Å². The van der Waals surface area contributed by atoms with Crippen LogP contribution < -0.4 is 0 Å². The predicted octanol–water partition coefficient (Wildman–Crippen LogP) is -0.313. The van der Waals surface area contributed by atoms with Gasteiger partial charge in [0.25, 0.3) is 5.89 Å². The summed E-state index contributed by atoms with van der Waals surface area (Å²) in [5, 5.41) is 17.7. The van der Waals surface area contributed by atoms with E-state index in [1.165, 1.54) is 11.6 Å². The SMILES string of the molecule is Cn1c([N+](=O)[O-])cnc1CC(=S=O)c1nnco1. The third kappa shape index (κ3) is 2.18. The summed E-state index contributed by atoms with van der Waals surface area (Å²) in [6, 6.07) is 0. The highest BCUT2D eigenvalue weighted by Crippen LogP contribution is 2.13. The third-order valence-electron chi connectivity index (χ3n) is 2.26. The van der Waals surface area contributed by atoms with E-state index in [-0.39, 0.29) is 34.2 Å². The van der Waals surface area contributed by atoms with Crippen LogP contribution in [-0.4, -0.2) is 33.7 Å². The molecule has 0 aromatic carbocycles. The first kappa shape index (κ1) is 12.1. The summed E-state index contributed by atoms with van der Waals surface area (Å²) in [6.07, 6.45) is 2.34. The number of hydrogen-bond acceptors (Lipinski definition) is 7. The standard InChI is InChI=1S/C8H7N5O4S/c1-12-6(9-3-7(12)13(14)15)2-5(18-16)8-11-10-4-17-8/h3-4H,2H2,1H3. The summed E-state index contributed by atoms with van der Waals surface area (Å²) in [6.45, 7) is 0. The van der Waals surface area contributed by atoms with Crippen molar-refractivity contribution in [2.75, 3.05) is 0 Å². The Labute approximate surface area is 104 Å². The molecule has 0 fully saturated rings. The predicted molar refractivity (Wildman–Crippen MR) is 60.1 cm³/mol. The second-order valence-corrected chi connectivity index (χ2v) is 3.94. The van der Waals surface area contributed by atoms with Crippen LogP contribution >= 0.6 is 0 Å². The fourth-order valence-electron chi connectivity index (χ4n) is 1.35. The van der Waals surface area contributed by atoms with Gasteiger partial charge in [0.2, 0.25) is 12.2 Å². The largest absolute Gasteiger partial charge is 0.423 e. The molecule has 0 atom stereocenters. The van der Waals surface area contributed by atoms with Crippen molar-refractivity contribution >= 4 is 21.9 Å². The first-order valence-electron chi connectivity index (χ1n) is 4.70. The smallest absolute Gasteiger partial charge is 0.342 e. The number of imidazole rings is 1. The van der Waals surface area contributed by atoms with Crippen molar-refractivity contribution in [2.24, 2.45) is 7.05 Å². The number of hydrogen-bond donors (Lipinski definition) is 0. The van der Waals surface area contributed by atoms with Gasteiger partial charge in [-0.05, 0) is 4.92 Å². The minimum atomic E-state index is -0.548. The van der Waals surface area contributed by atoms with Crippen LogP contribution in [0, 0.1) is 10.1 Å². The van der Waals surface area contributed by atoms with Gasteiger partial charge in [0.15, 0.2) is 0 Å². The quantitative estimate of drug-likeness (QED) is 0.323. The zero-order valence-electron chi connectivity index (χ0n) is 9.14. The van der Waals surface area contributed by atoms with Crippen molar-refractivity contribution < 1.29 is 13.5 Å². The fraction of sp³-hybridized carbons (Fsp3) is 0.250. The molecule has 2 aromatic heterocycles. The van der Waals surface area contributed by atoms with E-state index in [0.717, 1.165) is 12.6 Å². The zero-order valence-corrected chi connectivity index (χ0v) is 9.96. The molecule has 94 valence electrons. The molecule has 0 saturated carbocycles.